The van der Waals surface area contributed by atoms with E-state index in [9.17, 15) is 14.6 Å². The number of rotatable bonds is 26. The van der Waals surface area contributed by atoms with E-state index in [1.165, 1.54) is 25.7 Å². The summed E-state index contributed by atoms with van der Waals surface area (Å²) in [6, 6.07) is 0. The highest BCUT2D eigenvalue weighted by Gasteiger charge is 2.32. The Bertz CT molecular complexity index is 757. The summed E-state index contributed by atoms with van der Waals surface area (Å²) in [4.78, 5) is 10.1. The van der Waals surface area contributed by atoms with Gasteiger partial charge in [-0.05, 0) is 57.8 Å². The topological polar surface area (TPSA) is 85.2 Å². The summed E-state index contributed by atoms with van der Waals surface area (Å²) in [5, 5.41) is 9.78. The molecule has 0 saturated carbocycles. The number of phosphoric ester groups is 1. The quantitative estimate of drug-likeness (QED) is 0.0492. The number of nitrogens with zero attached hydrogens (tertiary/aromatic N) is 1. The summed E-state index contributed by atoms with van der Waals surface area (Å²) in [7, 11) is 1.61. The van der Waals surface area contributed by atoms with Gasteiger partial charge in [-0.1, -0.05) is 74.4 Å². The molecule has 0 aliphatic carbocycles. The van der Waals surface area contributed by atoms with Crippen molar-refractivity contribution in [1.29, 1.82) is 0 Å². The van der Waals surface area contributed by atoms with Gasteiger partial charge in [-0.15, -0.1) is 6.58 Å². The standard InChI is InChI=1S/C31H56NO6P/c1-6-8-9-10-11-12-13-14-15-16-17-18-19-20-21-22-23-24-27-36-31(29-33)30(25-7-2)38-39(34,35)37-28-26-32(3,4)5/h7,11-12,14-15,17-18,20-21,30-31,33H,2,6,8-10,13,16,19,22-29H2,1,3-5H3/p+1/b12-11-,15-14-,18-17-,21-20-/t30?,31-/m0/s1. The molecule has 0 aliphatic rings. The van der Waals surface area contributed by atoms with E-state index in [1.807, 2.05) is 21.1 Å². The summed E-state index contributed by atoms with van der Waals surface area (Å²) in [5.74, 6) is 0. The molecule has 0 fully saturated rings. The third-order valence-electron chi connectivity index (χ3n) is 5.83. The Hall–Kier alpha value is -1.31. The van der Waals surface area contributed by atoms with E-state index in [1.54, 1.807) is 6.08 Å². The van der Waals surface area contributed by atoms with Crippen molar-refractivity contribution in [3.05, 3.63) is 61.3 Å². The van der Waals surface area contributed by atoms with E-state index in [0.717, 1.165) is 38.5 Å². The maximum atomic E-state index is 12.4. The minimum Gasteiger partial charge on any atom is -0.394 e. The van der Waals surface area contributed by atoms with Crippen LogP contribution in [-0.4, -0.2) is 74.2 Å². The van der Waals surface area contributed by atoms with Crippen molar-refractivity contribution in [1.82, 2.24) is 0 Å². The van der Waals surface area contributed by atoms with E-state index in [0.29, 0.717) is 17.6 Å². The van der Waals surface area contributed by atoms with Crippen LogP contribution in [0, 0.1) is 0 Å². The van der Waals surface area contributed by atoms with Crippen molar-refractivity contribution in [3.8, 4) is 0 Å². The lowest BCUT2D eigenvalue weighted by Gasteiger charge is -2.28. The number of unbranched alkanes of at least 4 members (excludes halogenated alkanes) is 5. The molecule has 0 aromatic heterocycles. The summed E-state index contributed by atoms with van der Waals surface area (Å²) >= 11 is 0. The van der Waals surface area contributed by atoms with Crippen LogP contribution in [-0.2, 0) is 18.3 Å². The number of aliphatic hydroxyl groups is 1. The van der Waals surface area contributed by atoms with Crippen LogP contribution < -0.4 is 0 Å². The molecule has 0 aromatic carbocycles. The van der Waals surface area contributed by atoms with Gasteiger partial charge < -0.3 is 19.2 Å². The van der Waals surface area contributed by atoms with Gasteiger partial charge in [0.15, 0.2) is 0 Å². The fourth-order valence-electron chi connectivity index (χ4n) is 3.50. The minimum atomic E-state index is -4.28. The molecule has 0 spiro atoms. The van der Waals surface area contributed by atoms with E-state index >= 15 is 0 Å². The fourth-order valence-corrected chi connectivity index (χ4v) is 4.43. The molecule has 7 nitrogen and oxygen atoms in total. The van der Waals surface area contributed by atoms with Crippen LogP contribution >= 0.6 is 7.82 Å². The van der Waals surface area contributed by atoms with Crippen LogP contribution in [0.25, 0.3) is 0 Å². The number of phosphoric acid groups is 1. The monoisotopic (exact) mass is 570 g/mol. The molecule has 2 N–H and O–H groups in total. The van der Waals surface area contributed by atoms with Gasteiger partial charge in [0.25, 0.3) is 0 Å². The van der Waals surface area contributed by atoms with Gasteiger partial charge in [0.05, 0.1) is 27.7 Å². The first kappa shape index (κ1) is 37.7. The van der Waals surface area contributed by atoms with Gasteiger partial charge in [-0.3, -0.25) is 9.05 Å². The van der Waals surface area contributed by atoms with Crippen LogP contribution in [0.3, 0.4) is 0 Å². The number of hydrogen-bond acceptors (Lipinski definition) is 5. The number of aliphatic hydroxyl groups excluding tert-OH is 1. The minimum absolute atomic E-state index is 0.0835. The average molecular weight is 571 g/mol. The zero-order valence-electron chi connectivity index (χ0n) is 25.1. The molecule has 0 aliphatic heterocycles. The van der Waals surface area contributed by atoms with Crippen molar-refractivity contribution in [3.63, 3.8) is 0 Å². The highest BCUT2D eigenvalue weighted by Crippen LogP contribution is 2.45. The zero-order valence-corrected chi connectivity index (χ0v) is 26.0. The molecule has 3 atom stereocenters. The molecule has 226 valence electrons. The molecule has 0 aromatic rings. The van der Waals surface area contributed by atoms with E-state index < -0.39 is 20.0 Å². The number of likely N-dealkylation sites (N-methyl/N-ethyl adjacent to an activating group) is 1. The van der Waals surface area contributed by atoms with Crippen LogP contribution in [0.4, 0.5) is 0 Å². The Morgan fingerprint density at radius 3 is 1.85 bits per heavy atom. The summed E-state index contributed by atoms with van der Waals surface area (Å²) in [6.45, 7) is 6.65. The van der Waals surface area contributed by atoms with Gasteiger partial charge in [0, 0.05) is 6.61 Å². The summed E-state index contributed by atoms with van der Waals surface area (Å²) in [6.07, 6.45) is 28.6. The Kier molecular flexibility index (Phi) is 23.7. The molecule has 0 rings (SSSR count). The van der Waals surface area contributed by atoms with Crippen LogP contribution in [0.2, 0.25) is 0 Å². The molecule has 0 bridgehead atoms. The molecule has 0 saturated heterocycles. The third-order valence-corrected chi connectivity index (χ3v) is 6.88. The Morgan fingerprint density at radius 2 is 1.36 bits per heavy atom. The van der Waals surface area contributed by atoms with Gasteiger partial charge >= 0.3 is 7.82 Å². The highest BCUT2D eigenvalue weighted by molar-refractivity contribution is 7.47. The highest BCUT2D eigenvalue weighted by atomic mass is 31.2. The lowest BCUT2D eigenvalue weighted by Crippen LogP contribution is -2.37. The second-order valence-corrected chi connectivity index (χ2v) is 12.1. The van der Waals surface area contributed by atoms with Crippen molar-refractivity contribution in [2.75, 3.05) is 47.5 Å². The van der Waals surface area contributed by atoms with Crippen molar-refractivity contribution in [2.45, 2.75) is 89.8 Å². The predicted octanol–water partition coefficient (Wildman–Crippen LogP) is 7.29. The van der Waals surface area contributed by atoms with Gasteiger partial charge in [-0.25, -0.2) is 4.57 Å². The van der Waals surface area contributed by atoms with Crippen LogP contribution in [0.5, 0.6) is 0 Å². The predicted molar refractivity (Wildman–Crippen MR) is 164 cm³/mol. The van der Waals surface area contributed by atoms with E-state index in [-0.39, 0.29) is 19.6 Å². The van der Waals surface area contributed by atoms with Gasteiger partial charge in [-0.2, -0.15) is 0 Å². The lowest BCUT2D eigenvalue weighted by molar-refractivity contribution is -0.870. The molecule has 2 unspecified atom stereocenters. The molecule has 0 radical (unpaired) electrons. The number of allylic oxidation sites excluding steroid dienone is 8. The lowest BCUT2D eigenvalue weighted by atomic mass is 10.1. The third kappa shape index (κ3) is 25.4. The summed E-state index contributed by atoms with van der Waals surface area (Å²) in [5.41, 5.74) is 0. The summed E-state index contributed by atoms with van der Waals surface area (Å²) < 4.78 is 29.2. The maximum Gasteiger partial charge on any atom is 0.472 e. The Morgan fingerprint density at radius 1 is 0.821 bits per heavy atom. The molecule has 0 amide bonds. The first-order chi connectivity index (χ1) is 18.6. The maximum absolute atomic E-state index is 12.4. The van der Waals surface area contributed by atoms with Crippen LogP contribution in [0.1, 0.15) is 77.6 Å². The Balaban J connectivity index is 4.11. The molecular formula is C31H57NO6P+. The molecule has 39 heavy (non-hydrogen) atoms. The van der Waals surface area contributed by atoms with Crippen molar-refractivity contribution in [2.24, 2.45) is 0 Å². The zero-order chi connectivity index (χ0) is 29.2. The molecular weight excluding hydrogens is 513 g/mol. The Labute approximate surface area is 239 Å². The van der Waals surface area contributed by atoms with E-state index in [2.05, 4.69) is 62.1 Å². The second kappa shape index (κ2) is 24.5. The first-order valence-electron chi connectivity index (χ1n) is 14.5. The van der Waals surface area contributed by atoms with Crippen molar-refractivity contribution >= 4 is 7.82 Å². The van der Waals surface area contributed by atoms with Crippen LogP contribution in [0.15, 0.2) is 61.3 Å². The molecule has 8 heteroatoms. The SMILES string of the molecule is C=CCC(OP(=O)(O)OCC[N+](C)(C)C)[C@H](CO)OCCCC/C=C\C/C=C\C/C=C\C/C=C\CCCCC. The average Bonchev–Trinajstić information content (AvgIpc) is 2.86. The van der Waals surface area contributed by atoms with Gasteiger partial charge in [0.2, 0.25) is 0 Å². The number of ether oxygens (including phenoxy) is 1. The van der Waals surface area contributed by atoms with Gasteiger partial charge in [0.1, 0.15) is 25.4 Å². The fraction of sp³-hybridized carbons (Fsp3) is 0.677. The number of quaternary nitrogens is 1. The largest absolute Gasteiger partial charge is 0.472 e. The van der Waals surface area contributed by atoms with Crippen molar-refractivity contribution < 1.29 is 32.8 Å². The normalized spacial score (nSPS) is 16.1. The van der Waals surface area contributed by atoms with E-state index in [4.69, 9.17) is 13.8 Å². The smallest absolute Gasteiger partial charge is 0.394 e. The molecule has 0 heterocycles. The second-order valence-electron chi connectivity index (χ2n) is 10.7. The number of hydrogen-bond donors (Lipinski definition) is 2. The first-order valence-corrected chi connectivity index (χ1v) is 16.0.